The first kappa shape index (κ1) is 20.2. The highest BCUT2D eigenvalue weighted by Gasteiger charge is 2.30. The van der Waals surface area contributed by atoms with Gasteiger partial charge in [-0.25, -0.2) is 0 Å². The molecule has 0 bridgehead atoms. The monoisotopic (exact) mass is 402 g/mol. The molecule has 2 aromatic carbocycles. The molecule has 1 aromatic heterocycles. The van der Waals surface area contributed by atoms with Crippen molar-refractivity contribution in [3.8, 4) is 0 Å². The van der Waals surface area contributed by atoms with E-state index in [9.17, 15) is 22.8 Å². The highest BCUT2D eigenvalue weighted by Crippen LogP contribution is 2.29. The Hall–Kier alpha value is -3.55. The average molecular weight is 402 g/mol. The molecule has 0 saturated heterocycles. The number of furan rings is 1. The van der Waals surface area contributed by atoms with Crippen molar-refractivity contribution >= 4 is 17.5 Å². The van der Waals surface area contributed by atoms with Crippen LogP contribution in [0.5, 0.6) is 0 Å². The van der Waals surface area contributed by atoms with Crippen LogP contribution in [0.3, 0.4) is 0 Å². The summed E-state index contributed by atoms with van der Waals surface area (Å²) in [6, 6.07) is 12.6. The molecule has 29 heavy (non-hydrogen) atoms. The predicted octanol–water partition coefficient (Wildman–Crippen LogP) is 4.79. The lowest BCUT2D eigenvalue weighted by molar-refractivity contribution is -0.137. The van der Waals surface area contributed by atoms with E-state index in [0.29, 0.717) is 11.3 Å². The van der Waals surface area contributed by atoms with Gasteiger partial charge < -0.3 is 15.1 Å². The summed E-state index contributed by atoms with van der Waals surface area (Å²) in [5.41, 5.74) is 0.976. The number of hydrogen-bond acceptors (Lipinski definition) is 3. The highest BCUT2D eigenvalue weighted by atomic mass is 19.4. The fourth-order valence-electron chi connectivity index (χ4n) is 2.63. The van der Waals surface area contributed by atoms with E-state index < -0.39 is 23.6 Å². The van der Waals surface area contributed by atoms with Gasteiger partial charge in [-0.3, -0.25) is 9.59 Å². The first-order chi connectivity index (χ1) is 13.7. The molecular weight excluding hydrogens is 385 g/mol. The van der Waals surface area contributed by atoms with Gasteiger partial charge in [-0.15, -0.1) is 0 Å². The summed E-state index contributed by atoms with van der Waals surface area (Å²) in [4.78, 5) is 24.5. The molecular formula is C21H17F3N2O3. The van der Waals surface area contributed by atoms with E-state index >= 15 is 0 Å². The van der Waals surface area contributed by atoms with E-state index in [-0.39, 0.29) is 17.9 Å². The second kappa shape index (κ2) is 8.22. The Bertz CT molecular complexity index is 1030. The Kier molecular flexibility index (Phi) is 5.72. The van der Waals surface area contributed by atoms with Gasteiger partial charge in [0.2, 0.25) is 0 Å². The zero-order chi connectivity index (χ0) is 21.0. The molecule has 5 nitrogen and oxygen atoms in total. The molecule has 0 aliphatic heterocycles. The van der Waals surface area contributed by atoms with Crippen LogP contribution >= 0.6 is 0 Å². The Morgan fingerprint density at radius 3 is 2.48 bits per heavy atom. The molecule has 1 heterocycles. The second-order valence-electron chi connectivity index (χ2n) is 6.34. The number of amides is 2. The number of alkyl halides is 3. The lowest BCUT2D eigenvalue weighted by atomic mass is 10.1. The van der Waals surface area contributed by atoms with Crippen molar-refractivity contribution in [3.63, 3.8) is 0 Å². The van der Waals surface area contributed by atoms with Crippen LogP contribution in [0, 0.1) is 6.92 Å². The number of carbonyl (C=O) groups is 2. The van der Waals surface area contributed by atoms with Crippen LogP contribution in [0.2, 0.25) is 0 Å². The van der Waals surface area contributed by atoms with Crippen LogP contribution in [0.25, 0.3) is 0 Å². The summed E-state index contributed by atoms with van der Waals surface area (Å²) >= 11 is 0. The third-order valence-corrected chi connectivity index (χ3v) is 4.20. The minimum Gasteiger partial charge on any atom is -0.459 e. The summed E-state index contributed by atoms with van der Waals surface area (Å²) < 4.78 is 43.4. The standard InChI is InChI=1S/C21H17F3N2O3/c1-13-7-8-15(11-17(13)26-20(28)18-6-3-9-29-18)19(27)25-12-14-4-2-5-16(10-14)21(22,23)24/h2-11H,12H2,1H3,(H,25,27)(H,26,28). The molecule has 0 aliphatic rings. The average Bonchev–Trinajstić information content (AvgIpc) is 3.22. The lowest BCUT2D eigenvalue weighted by Gasteiger charge is -2.11. The van der Waals surface area contributed by atoms with E-state index in [0.717, 1.165) is 17.7 Å². The van der Waals surface area contributed by atoms with Crippen LogP contribution in [0.15, 0.2) is 65.3 Å². The summed E-state index contributed by atoms with van der Waals surface area (Å²) in [7, 11) is 0. The maximum Gasteiger partial charge on any atom is 0.416 e. The van der Waals surface area contributed by atoms with Gasteiger partial charge in [0.1, 0.15) is 0 Å². The SMILES string of the molecule is Cc1ccc(C(=O)NCc2cccc(C(F)(F)F)c2)cc1NC(=O)c1ccco1. The summed E-state index contributed by atoms with van der Waals surface area (Å²) in [5.74, 6) is -0.806. The molecule has 2 N–H and O–H groups in total. The Balaban J connectivity index is 1.69. The molecule has 150 valence electrons. The summed E-state index contributed by atoms with van der Waals surface area (Å²) in [6.07, 6.45) is -3.07. The molecule has 0 aliphatic carbocycles. The van der Waals surface area contributed by atoms with E-state index in [1.807, 2.05) is 0 Å². The van der Waals surface area contributed by atoms with E-state index in [2.05, 4.69) is 10.6 Å². The molecule has 3 rings (SSSR count). The number of carbonyl (C=O) groups excluding carboxylic acids is 2. The van der Waals surface area contributed by atoms with Gasteiger partial charge in [0.25, 0.3) is 11.8 Å². The minimum absolute atomic E-state index is 0.0648. The zero-order valence-electron chi connectivity index (χ0n) is 15.3. The Morgan fingerprint density at radius 2 is 1.79 bits per heavy atom. The van der Waals surface area contributed by atoms with Gasteiger partial charge >= 0.3 is 6.18 Å². The van der Waals surface area contributed by atoms with Crippen molar-refractivity contribution < 1.29 is 27.2 Å². The van der Waals surface area contributed by atoms with Gasteiger partial charge in [0.05, 0.1) is 11.8 Å². The first-order valence-electron chi connectivity index (χ1n) is 8.64. The number of halogens is 3. The van der Waals surface area contributed by atoms with Crippen molar-refractivity contribution in [2.24, 2.45) is 0 Å². The number of anilines is 1. The van der Waals surface area contributed by atoms with Crippen LogP contribution in [0.4, 0.5) is 18.9 Å². The summed E-state index contributed by atoms with van der Waals surface area (Å²) in [6.45, 7) is 1.70. The fraction of sp³-hybridized carbons (Fsp3) is 0.143. The van der Waals surface area contributed by atoms with Crippen molar-refractivity contribution in [1.82, 2.24) is 5.32 Å². The first-order valence-corrected chi connectivity index (χ1v) is 8.64. The number of nitrogens with one attached hydrogen (secondary N) is 2. The highest BCUT2D eigenvalue weighted by molar-refractivity contribution is 6.03. The van der Waals surface area contributed by atoms with Crippen molar-refractivity contribution in [2.75, 3.05) is 5.32 Å². The fourth-order valence-corrected chi connectivity index (χ4v) is 2.63. The largest absolute Gasteiger partial charge is 0.459 e. The van der Waals surface area contributed by atoms with Gasteiger partial charge in [0, 0.05) is 17.8 Å². The normalized spacial score (nSPS) is 11.2. The number of rotatable bonds is 5. The number of aryl methyl sites for hydroxylation is 1. The topological polar surface area (TPSA) is 71.3 Å². The molecule has 3 aromatic rings. The lowest BCUT2D eigenvalue weighted by Crippen LogP contribution is -2.23. The maximum atomic E-state index is 12.8. The number of hydrogen-bond donors (Lipinski definition) is 2. The predicted molar refractivity (Wildman–Crippen MR) is 100 cm³/mol. The van der Waals surface area contributed by atoms with Crippen LogP contribution in [-0.4, -0.2) is 11.8 Å². The van der Waals surface area contributed by atoms with Crippen LogP contribution in [-0.2, 0) is 12.7 Å². The Labute approximate surface area is 164 Å². The van der Waals surface area contributed by atoms with Crippen molar-refractivity contribution in [3.05, 3.63) is 88.9 Å². The smallest absolute Gasteiger partial charge is 0.416 e. The van der Waals surface area contributed by atoms with Gasteiger partial charge in [-0.05, 0) is 54.4 Å². The number of benzene rings is 2. The molecule has 0 atom stereocenters. The van der Waals surface area contributed by atoms with Crippen LogP contribution < -0.4 is 10.6 Å². The third kappa shape index (κ3) is 5.04. The van der Waals surface area contributed by atoms with Gasteiger partial charge in [-0.1, -0.05) is 18.2 Å². The third-order valence-electron chi connectivity index (χ3n) is 4.20. The molecule has 0 unspecified atom stereocenters. The van der Waals surface area contributed by atoms with Gasteiger partial charge in [-0.2, -0.15) is 13.2 Å². The Morgan fingerprint density at radius 1 is 1.00 bits per heavy atom. The quantitative estimate of drug-likeness (QED) is 0.645. The molecule has 0 saturated carbocycles. The second-order valence-corrected chi connectivity index (χ2v) is 6.34. The molecule has 0 radical (unpaired) electrons. The molecule has 2 amide bonds. The minimum atomic E-state index is -4.45. The van der Waals surface area contributed by atoms with Crippen molar-refractivity contribution in [2.45, 2.75) is 19.6 Å². The molecule has 8 heteroatoms. The van der Waals surface area contributed by atoms with E-state index in [4.69, 9.17) is 4.42 Å². The van der Waals surface area contributed by atoms with Crippen molar-refractivity contribution in [1.29, 1.82) is 0 Å². The van der Waals surface area contributed by atoms with Crippen LogP contribution in [0.1, 0.15) is 37.6 Å². The maximum absolute atomic E-state index is 12.8. The molecule has 0 spiro atoms. The molecule has 0 fully saturated rings. The van der Waals surface area contributed by atoms with E-state index in [1.54, 1.807) is 25.1 Å². The zero-order valence-corrected chi connectivity index (χ0v) is 15.3. The van der Waals surface area contributed by atoms with Gasteiger partial charge in [0.15, 0.2) is 5.76 Å². The van der Waals surface area contributed by atoms with E-state index in [1.165, 1.54) is 30.5 Å². The summed E-state index contributed by atoms with van der Waals surface area (Å²) in [5, 5.41) is 5.25.